The van der Waals surface area contributed by atoms with Gasteiger partial charge in [-0.3, -0.25) is 4.90 Å². The molecule has 9 heteroatoms. The van der Waals surface area contributed by atoms with E-state index in [1.165, 1.54) is 46.3 Å². The topological polar surface area (TPSA) is 74.8 Å². The number of carboxylic acids is 1. The van der Waals surface area contributed by atoms with Gasteiger partial charge in [0.1, 0.15) is 35.2 Å². The van der Waals surface area contributed by atoms with E-state index in [9.17, 15) is 14.3 Å². The number of carbonyl (C=O) groups is 1. The summed E-state index contributed by atoms with van der Waals surface area (Å²) in [6.07, 6.45) is 0.347. The first kappa shape index (κ1) is 27.6. The molecule has 0 saturated heterocycles. The quantitative estimate of drug-likeness (QED) is 0.254. The van der Waals surface area contributed by atoms with Gasteiger partial charge < -0.3 is 19.6 Å². The molecule has 0 aliphatic carbocycles. The van der Waals surface area contributed by atoms with Crippen LogP contribution in [0.25, 0.3) is 22.0 Å². The van der Waals surface area contributed by atoms with Gasteiger partial charge in [0.15, 0.2) is 0 Å². The number of alkyl halides is 2. The maximum Gasteiger partial charge on any atom is 0.339 e. The van der Waals surface area contributed by atoms with Gasteiger partial charge in [-0.2, -0.15) is 0 Å². The van der Waals surface area contributed by atoms with E-state index in [2.05, 4.69) is 4.98 Å². The molecular formula is C31H31F3N2O4. The van der Waals surface area contributed by atoms with Crippen molar-refractivity contribution in [2.24, 2.45) is 0 Å². The van der Waals surface area contributed by atoms with Crippen molar-refractivity contribution in [3.63, 3.8) is 0 Å². The van der Waals surface area contributed by atoms with Crippen molar-refractivity contribution in [2.75, 3.05) is 27.4 Å². The van der Waals surface area contributed by atoms with Crippen molar-refractivity contribution in [3.05, 3.63) is 82.8 Å². The zero-order valence-corrected chi connectivity index (χ0v) is 22.7. The third-order valence-corrected chi connectivity index (χ3v) is 7.45. The number of hydrogen-bond acceptors (Lipinski definition) is 4. The van der Waals surface area contributed by atoms with Crippen molar-refractivity contribution in [1.82, 2.24) is 9.88 Å². The Morgan fingerprint density at radius 3 is 2.42 bits per heavy atom. The molecule has 2 heterocycles. The van der Waals surface area contributed by atoms with Crippen LogP contribution >= 0.6 is 0 Å². The summed E-state index contributed by atoms with van der Waals surface area (Å²) in [7, 11) is 2.78. The maximum absolute atomic E-state index is 16.3. The van der Waals surface area contributed by atoms with Crippen LogP contribution in [0.2, 0.25) is 0 Å². The number of hydrogen-bond donors (Lipinski definition) is 2. The fourth-order valence-corrected chi connectivity index (χ4v) is 5.75. The van der Waals surface area contributed by atoms with Gasteiger partial charge >= 0.3 is 5.97 Å². The van der Waals surface area contributed by atoms with E-state index in [0.717, 1.165) is 16.5 Å². The molecule has 0 fully saturated rings. The highest BCUT2D eigenvalue weighted by Gasteiger charge is 2.42. The molecule has 0 spiro atoms. The van der Waals surface area contributed by atoms with Crippen LogP contribution in [0, 0.1) is 5.82 Å². The monoisotopic (exact) mass is 552 g/mol. The molecule has 1 unspecified atom stereocenters. The molecule has 210 valence electrons. The Balaban J connectivity index is 1.71. The fourth-order valence-electron chi connectivity index (χ4n) is 5.75. The number of rotatable bonds is 8. The molecule has 2 N–H and O–H groups in total. The first-order chi connectivity index (χ1) is 19.1. The fraction of sp³-hybridized carbons (Fsp3) is 0.323. The third-order valence-electron chi connectivity index (χ3n) is 7.45. The molecule has 2 atom stereocenters. The SMILES string of the molecule is COc1cc(-c2cc(F)c(C3c4[nH]c5ccccc5c4C[C@@H](CF)N3CC(C)(C)F)c(OC)c2)ccc1C(=O)O. The van der Waals surface area contributed by atoms with Crippen molar-refractivity contribution in [1.29, 1.82) is 0 Å². The predicted octanol–water partition coefficient (Wildman–Crippen LogP) is 6.72. The van der Waals surface area contributed by atoms with Gasteiger partial charge in [-0.1, -0.05) is 24.3 Å². The molecule has 1 aliphatic heterocycles. The zero-order valence-electron chi connectivity index (χ0n) is 22.7. The number of fused-ring (bicyclic) bond motifs is 3. The lowest BCUT2D eigenvalue weighted by Crippen LogP contribution is -2.50. The molecule has 0 saturated carbocycles. The Morgan fingerprint density at radius 2 is 1.77 bits per heavy atom. The second kappa shape index (κ2) is 10.5. The Bertz CT molecular complexity index is 1580. The molecule has 6 nitrogen and oxygen atoms in total. The second-order valence-electron chi connectivity index (χ2n) is 10.7. The van der Waals surface area contributed by atoms with Crippen molar-refractivity contribution in [3.8, 4) is 22.6 Å². The minimum absolute atomic E-state index is 0.0226. The molecule has 40 heavy (non-hydrogen) atoms. The summed E-state index contributed by atoms with van der Waals surface area (Å²) in [5, 5.41) is 10.3. The highest BCUT2D eigenvalue weighted by atomic mass is 19.1. The molecule has 0 radical (unpaired) electrons. The van der Waals surface area contributed by atoms with E-state index < -0.39 is 36.2 Å². The average molecular weight is 553 g/mol. The number of nitrogens with zero attached hydrogens (tertiary/aromatic N) is 1. The molecule has 4 aromatic rings. The van der Waals surface area contributed by atoms with Crippen molar-refractivity contribution < 1.29 is 32.5 Å². The van der Waals surface area contributed by atoms with Gasteiger partial charge in [-0.25, -0.2) is 18.0 Å². The zero-order chi connectivity index (χ0) is 28.8. The summed E-state index contributed by atoms with van der Waals surface area (Å²) in [5.41, 5.74) is 1.79. The maximum atomic E-state index is 16.3. The minimum Gasteiger partial charge on any atom is -0.496 e. The number of ether oxygens (including phenoxy) is 2. The molecule has 0 amide bonds. The highest BCUT2D eigenvalue weighted by Crippen LogP contribution is 2.46. The molecule has 0 bridgehead atoms. The summed E-state index contributed by atoms with van der Waals surface area (Å²) in [6, 6.07) is 13.5. The molecular weight excluding hydrogens is 521 g/mol. The predicted molar refractivity (Wildman–Crippen MR) is 147 cm³/mol. The standard InChI is InChI=1S/C31H31F3N2O4/c1-31(2,34)16-36-19(15-32)14-22-20-7-5-6-8-24(20)35-28(22)29(36)27-23(33)11-18(13-26(27)40-4)17-9-10-21(30(37)38)25(12-17)39-3/h5-13,19,29,35H,14-16H2,1-4H3,(H,37,38)/t19-,29?/m0/s1. The van der Waals surface area contributed by atoms with Crippen molar-refractivity contribution in [2.45, 2.75) is 38.0 Å². The number of halogens is 3. The van der Waals surface area contributed by atoms with E-state index in [4.69, 9.17) is 9.47 Å². The minimum atomic E-state index is -1.68. The van der Waals surface area contributed by atoms with E-state index in [-0.39, 0.29) is 29.2 Å². The summed E-state index contributed by atoms with van der Waals surface area (Å²) in [4.78, 5) is 16.6. The number of aromatic nitrogens is 1. The lowest BCUT2D eigenvalue weighted by molar-refractivity contribution is 0.0481. The van der Waals surface area contributed by atoms with Crippen LogP contribution in [0.15, 0.2) is 54.6 Å². The normalized spacial score (nSPS) is 17.6. The number of nitrogens with one attached hydrogen (secondary N) is 1. The van der Waals surface area contributed by atoms with E-state index in [0.29, 0.717) is 23.2 Å². The van der Waals surface area contributed by atoms with E-state index in [1.807, 2.05) is 24.3 Å². The van der Waals surface area contributed by atoms with Gasteiger partial charge in [0, 0.05) is 29.2 Å². The lowest BCUT2D eigenvalue weighted by atomic mass is 9.86. The highest BCUT2D eigenvalue weighted by molar-refractivity contribution is 5.92. The van der Waals surface area contributed by atoms with Crippen LogP contribution in [0.4, 0.5) is 13.2 Å². The Labute approximate surface area is 230 Å². The second-order valence-corrected chi connectivity index (χ2v) is 10.7. The van der Waals surface area contributed by atoms with Crippen LogP contribution in [0.5, 0.6) is 11.5 Å². The number of H-pyrrole nitrogens is 1. The molecule has 1 aliphatic rings. The number of para-hydroxylation sites is 1. The van der Waals surface area contributed by atoms with E-state index in [1.54, 1.807) is 17.0 Å². The summed E-state index contributed by atoms with van der Waals surface area (Å²) < 4.78 is 57.0. The van der Waals surface area contributed by atoms with Crippen LogP contribution in [0.1, 0.15) is 47.1 Å². The molecule has 5 rings (SSSR count). The first-order valence-corrected chi connectivity index (χ1v) is 13.0. The Hall–Kier alpha value is -3.98. The summed E-state index contributed by atoms with van der Waals surface area (Å²) in [6.45, 7) is 1.98. The van der Waals surface area contributed by atoms with Gasteiger partial charge in [-0.05, 0) is 67.3 Å². The third kappa shape index (κ3) is 4.90. The molecule has 3 aromatic carbocycles. The van der Waals surface area contributed by atoms with Crippen molar-refractivity contribution >= 4 is 16.9 Å². The molecule has 1 aromatic heterocycles. The summed E-state index contributed by atoms with van der Waals surface area (Å²) in [5.74, 6) is -1.43. The van der Waals surface area contributed by atoms with Gasteiger partial charge in [-0.15, -0.1) is 0 Å². The Morgan fingerprint density at radius 1 is 1.07 bits per heavy atom. The van der Waals surface area contributed by atoms with Crippen LogP contribution in [0.3, 0.4) is 0 Å². The largest absolute Gasteiger partial charge is 0.496 e. The van der Waals surface area contributed by atoms with Gasteiger partial charge in [0.25, 0.3) is 0 Å². The van der Waals surface area contributed by atoms with Crippen LogP contribution in [-0.4, -0.2) is 60.1 Å². The lowest BCUT2D eigenvalue weighted by Gasteiger charge is -2.43. The number of methoxy groups -OCH3 is 2. The van der Waals surface area contributed by atoms with Crippen LogP contribution in [-0.2, 0) is 6.42 Å². The van der Waals surface area contributed by atoms with E-state index >= 15 is 8.78 Å². The Kier molecular flexibility index (Phi) is 7.27. The number of benzene rings is 3. The van der Waals surface area contributed by atoms with Gasteiger partial charge in [0.2, 0.25) is 0 Å². The van der Waals surface area contributed by atoms with Crippen LogP contribution < -0.4 is 9.47 Å². The number of aromatic amines is 1. The number of aromatic carboxylic acids is 1. The summed E-state index contributed by atoms with van der Waals surface area (Å²) >= 11 is 0. The first-order valence-electron chi connectivity index (χ1n) is 13.0. The van der Waals surface area contributed by atoms with Gasteiger partial charge in [0.05, 0.1) is 25.8 Å². The smallest absolute Gasteiger partial charge is 0.339 e. The number of carboxylic acid groups (broad SMARTS) is 1. The average Bonchev–Trinajstić information content (AvgIpc) is 3.29.